The van der Waals surface area contributed by atoms with Crippen LogP contribution in [0, 0.1) is 0 Å². The fourth-order valence-corrected chi connectivity index (χ4v) is 2.42. The highest BCUT2D eigenvalue weighted by Crippen LogP contribution is 2.10. The Labute approximate surface area is 136 Å². The number of amides is 1. The van der Waals surface area contributed by atoms with Crippen molar-refractivity contribution in [2.45, 2.75) is 26.3 Å². The van der Waals surface area contributed by atoms with Crippen LogP contribution in [0.5, 0.6) is 0 Å². The molecular formula is C19H21NO3. The highest BCUT2D eigenvalue weighted by atomic mass is 16.4. The molecule has 120 valence electrons. The number of aromatic carboxylic acids is 1. The summed E-state index contributed by atoms with van der Waals surface area (Å²) in [7, 11) is 0. The molecule has 0 aliphatic rings. The van der Waals surface area contributed by atoms with E-state index in [4.69, 9.17) is 5.11 Å². The molecule has 0 heterocycles. The van der Waals surface area contributed by atoms with Gasteiger partial charge in [0.2, 0.25) is 5.91 Å². The van der Waals surface area contributed by atoms with Crippen LogP contribution in [0.2, 0.25) is 0 Å². The Balaban J connectivity index is 2.04. The summed E-state index contributed by atoms with van der Waals surface area (Å²) in [4.78, 5) is 25.2. The fraction of sp³-hybridized carbons (Fsp3) is 0.263. The molecule has 0 saturated carbocycles. The molecule has 23 heavy (non-hydrogen) atoms. The first-order chi connectivity index (χ1) is 11.1. The molecule has 0 bridgehead atoms. The van der Waals surface area contributed by atoms with Crippen molar-refractivity contribution in [1.82, 2.24) is 4.90 Å². The summed E-state index contributed by atoms with van der Waals surface area (Å²) in [5.41, 5.74) is 2.17. The minimum Gasteiger partial charge on any atom is -0.478 e. The van der Waals surface area contributed by atoms with Crippen LogP contribution < -0.4 is 0 Å². The Morgan fingerprint density at radius 3 is 2.17 bits per heavy atom. The first-order valence-corrected chi connectivity index (χ1v) is 7.74. The number of rotatable bonds is 7. The van der Waals surface area contributed by atoms with Crippen molar-refractivity contribution in [2.24, 2.45) is 0 Å². The number of carboxylic acids is 1. The zero-order valence-electron chi connectivity index (χ0n) is 13.2. The fourth-order valence-electron chi connectivity index (χ4n) is 2.42. The maximum atomic E-state index is 12.5. The molecule has 1 N–H and O–H groups in total. The summed E-state index contributed by atoms with van der Waals surface area (Å²) in [6.07, 6.45) is 1.18. The molecule has 2 aromatic carbocycles. The third-order valence-electron chi connectivity index (χ3n) is 3.62. The van der Waals surface area contributed by atoms with Crippen LogP contribution in [-0.2, 0) is 17.8 Å². The van der Waals surface area contributed by atoms with Gasteiger partial charge in [0.1, 0.15) is 0 Å². The van der Waals surface area contributed by atoms with Crippen LogP contribution in [-0.4, -0.2) is 28.4 Å². The van der Waals surface area contributed by atoms with Gasteiger partial charge in [0.25, 0.3) is 0 Å². The van der Waals surface area contributed by atoms with E-state index in [-0.39, 0.29) is 17.9 Å². The first kappa shape index (κ1) is 16.7. The number of hydrogen-bond donors (Lipinski definition) is 1. The van der Waals surface area contributed by atoms with E-state index in [1.807, 2.05) is 42.2 Å². The molecule has 4 nitrogen and oxygen atoms in total. The summed E-state index contributed by atoms with van der Waals surface area (Å²) in [6, 6.07) is 16.4. The van der Waals surface area contributed by atoms with Crippen LogP contribution in [0.3, 0.4) is 0 Å². The van der Waals surface area contributed by atoms with Crippen LogP contribution in [0.4, 0.5) is 0 Å². The third kappa shape index (κ3) is 4.95. The topological polar surface area (TPSA) is 57.6 Å². The number of carboxylic acid groups (broad SMARTS) is 1. The Bertz CT molecular complexity index is 650. The lowest BCUT2D eigenvalue weighted by atomic mass is 10.1. The van der Waals surface area contributed by atoms with Gasteiger partial charge in [-0.3, -0.25) is 4.79 Å². The summed E-state index contributed by atoms with van der Waals surface area (Å²) >= 11 is 0. The lowest BCUT2D eigenvalue weighted by Crippen LogP contribution is -2.32. The normalized spacial score (nSPS) is 10.3. The Morgan fingerprint density at radius 2 is 1.61 bits per heavy atom. The maximum Gasteiger partial charge on any atom is 0.335 e. The standard InChI is InChI=1S/C19H21NO3/c1-2-12-20(14-16-6-4-3-5-7-16)18(21)13-15-8-10-17(11-9-15)19(22)23/h3-11H,2,12-14H2,1H3,(H,22,23). The second kappa shape index (κ2) is 8.13. The molecule has 1 amide bonds. The van der Waals surface area contributed by atoms with Gasteiger partial charge in [0.15, 0.2) is 0 Å². The van der Waals surface area contributed by atoms with Crippen molar-refractivity contribution >= 4 is 11.9 Å². The second-order valence-corrected chi connectivity index (χ2v) is 5.48. The van der Waals surface area contributed by atoms with Crippen LogP contribution in [0.25, 0.3) is 0 Å². The molecule has 0 aromatic heterocycles. The molecular weight excluding hydrogens is 290 g/mol. The largest absolute Gasteiger partial charge is 0.478 e. The lowest BCUT2D eigenvalue weighted by molar-refractivity contribution is -0.131. The molecule has 2 rings (SSSR count). The monoisotopic (exact) mass is 311 g/mol. The quantitative estimate of drug-likeness (QED) is 0.853. The third-order valence-corrected chi connectivity index (χ3v) is 3.62. The van der Waals surface area contributed by atoms with Gasteiger partial charge in [-0.2, -0.15) is 0 Å². The van der Waals surface area contributed by atoms with E-state index in [0.29, 0.717) is 13.1 Å². The first-order valence-electron chi connectivity index (χ1n) is 7.74. The number of hydrogen-bond acceptors (Lipinski definition) is 2. The van der Waals surface area contributed by atoms with Crippen molar-refractivity contribution in [2.75, 3.05) is 6.54 Å². The van der Waals surface area contributed by atoms with Gasteiger partial charge in [0, 0.05) is 13.1 Å². The number of nitrogens with zero attached hydrogens (tertiary/aromatic N) is 1. The van der Waals surface area contributed by atoms with Gasteiger partial charge in [-0.05, 0) is 29.7 Å². The zero-order valence-corrected chi connectivity index (χ0v) is 13.2. The van der Waals surface area contributed by atoms with E-state index >= 15 is 0 Å². The van der Waals surface area contributed by atoms with E-state index in [0.717, 1.165) is 17.5 Å². The van der Waals surface area contributed by atoms with Gasteiger partial charge in [-0.25, -0.2) is 4.79 Å². The van der Waals surface area contributed by atoms with Crippen LogP contribution in [0.15, 0.2) is 54.6 Å². The average Bonchev–Trinajstić information content (AvgIpc) is 2.56. The summed E-state index contributed by atoms with van der Waals surface area (Å²) in [5.74, 6) is -0.904. The van der Waals surface area contributed by atoms with Crippen molar-refractivity contribution in [3.63, 3.8) is 0 Å². The summed E-state index contributed by atoms with van der Waals surface area (Å²) < 4.78 is 0. The van der Waals surface area contributed by atoms with Crippen molar-refractivity contribution in [1.29, 1.82) is 0 Å². The molecule has 0 atom stereocenters. The minimum atomic E-state index is -0.959. The molecule has 0 fully saturated rings. The SMILES string of the molecule is CCCN(Cc1ccccc1)C(=O)Cc1ccc(C(=O)O)cc1. The van der Waals surface area contributed by atoms with Crippen LogP contribution in [0.1, 0.15) is 34.8 Å². The lowest BCUT2D eigenvalue weighted by Gasteiger charge is -2.22. The number of benzene rings is 2. The molecule has 0 radical (unpaired) electrons. The van der Waals surface area contributed by atoms with Crippen molar-refractivity contribution < 1.29 is 14.7 Å². The highest BCUT2D eigenvalue weighted by Gasteiger charge is 2.14. The molecule has 0 unspecified atom stereocenters. The van der Waals surface area contributed by atoms with Gasteiger partial charge in [0.05, 0.1) is 12.0 Å². The van der Waals surface area contributed by atoms with Gasteiger partial charge in [-0.15, -0.1) is 0 Å². The molecule has 2 aromatic rings. The highest BCUT2D eigenvalue weighted by molar-refractivity contribution is 5.87. The molecule has 4 heteroatoms. The summed E-state index contributed by atoms with van der Waals surface area (Å²) in [5, 5.41) is 8.90. The predicted octanol–water partition coefficient (Wildman–Crippen LogP) is 3.37. The van der Waals surface area contributed by atoms with Gasteiger partial charge < -0.3 is 10.0 Å². The number of carbonyl (C=O) groups is 2. The van der Waals surface area contributed by atoms with E-state index in [1.54, 1.807) is 12.1 Å². The Hall–Kier alpha value is -2.62. The molecule has 0 spiro atoms. The van der Waals surface area contributed by atoms with Crippen LogP contribution >= 0.6 is 0 Å². The maximum absolute atomic E-state index is 12.5. The van der Waals surface area contributed by atoms with Gasteiger partial charge in [-0.1, -0.05) is 49.4 Å². The van der Waals surface area contributed by atoms with Gasteiger partial charge >= 0.3 is 5.97 Å². The average molecular weight is 311 g/mol. The Kier molecular flexibility index (Phi) is 5.92. The van der Waals surface area contributed by atoms with E-state index in [1.165, 1.54) is 12.1 Å². The minimum absolute atomic E-state index is 0.0544. The van der Waals surface area contributed by atoms with E-state index in [2.05, 4.69) is 0 Å². The van der Waals surface area contributed by atoms with Crippen molar-refractivity contribution in [3.05, 3.63) is 71.3 Å². The predicted molar refractivity (Wildman–Crippen MR) is 89.3 cm³/mol. The second-order valence-electron chi connectivity index (χ2n) is 5.48. The zero-order chi connectivity index (χ0) is 16.7. The van der Waals surface area contributed by atoms with E-state index in [9.17, 15) is 9.59 Å². The summed E-state index contributed by atoms with van der Waals surface area (Å²) in [6.45, 7) is 3.36. The molecule has 0 saturated heterocycles. The van der Waals surface area contributed by atoms with E-state index < -0.39 is 5.97 Å². The Morgan fingerprint density at radius 1 is 0.957 bits per heavy atom. The molecule has 0 aliphatic heterocycles. The van der Waals surface area contributed by atoms with Crippen molar-refractivity contribution in [3.8, 4) is 0 Å². The number of carbonyl (C=O) groups excluding carboxylic acids is 1. The molecule has 0 aliphatic carbocycles. The smallest absolute Gasteiger partial charge is 0.335 e.